The normalized spacial score (nSPS) is 19.5. The third-order valence-corrected chi connectivity index (χ3v) is 5.40. The Bertz CT molecular complexity index is 926. The summed E-state index contributed by atoms with van der Waals surface area (Å²) in [5.41, 5.74) is 11.9. The summed E-state index contributed by atoms with van der Waals surface area (Å²) in [6.07, 6.45) is 2.00. The summed E-state index contributed by atoms with van der Waals surface area (Å²) < 4.78 is 0. The van der Waals surface area contributed by atoms with Gasteiger partial charge in [-0.05, 0) is 74.6 Å². The maximum Gasteiger partial charge on any atom is 0.222 e. The second-order valence-electron chi connectivity index (χ2n) is 7.62. The number of anilines is 2. The molecule has 1 atom stereocenters. The molecule has 1 fully saturated rings. The molecule has 2 aliphatic rings. The van der Waals surface area contributed by atoms with Crippen molar-refractivity contribution in [3.05, 3.63) is 59.2 Å². The van der Waals surface area contributed by atoms with Gasteiger partial charge in [-0.2, -0.15) is 4.99 Å². The van der Waals surface area contributed by atoms with E-state index < -0.39 is 0 Å². The lowest BCUT2D eigenvalue weighted by Gasteiger charge is -2.38. The minimum absolute atomic E-state index is 0.312. The van der Waals surface area contributed by atoms with Crippen molar-refractivity contribution in [2.75, 3.05) is 23.3 Å². The van der Waals surface area contributed by atoms with Gasteiger partial charge in [0.05, 0.1) is 0 Å². The second-order valence-corrected chi connectivity index (χ2v) is 7.62. The molecule has 6 heteroatoms. The Balaban J connectivity index is 1.73. The molecule has 0 aliphatic carbocycles. The fraction of sp³-hybridized carbons (Fsp3) is 0.364. The van der Waals surface area contributed by atoms with Gasteiger partial charge in [0.1, 0.15) is 0 Å². The molecule has 3 N–H and O–H groups in total. The summed E-state index contributed by atoms with van der Waals surface area (Å²) in [6.45, 7) is 8.32. The van der Waals surface area contributed by atoms with Crippen LogP contribution in [0.2, 0.25) is 0 Å². The molecule has 1 saturated heterocycles. The topological polar surface area (TPSA) is 69.2 Å². The SMILES string of the molecule is Cc1cccc(N2C(N3CCCC3)=NC(N)=NC2Nc2ccc(C)c(C)c2)c1. The molecular formula is C22H28N6. The van der Waals surface area contributed by atoms with Crippen LogP contribution in [-0.4, -0.2) is 36.2 Å². The highest BCUT2D eigenvalue weighted by Crippen LogP contribution is 2.26. The van der Waals surface area contributed by atoms with E-state index in [0.717, 1.165) is 30.4 Å². The van der Waals surface area contributed by atoms with E-state index >= 15 is 0 Å². The van der Waals surface area contributed by atoms with E-state index in [9.17, 15) is 0 Å². The van der Waals surface area contributed by atoms with Crippen LogP contribution in [0.25, 0.3) is 0 Å². The molecule has 0 radical (unpaired) electrons. The molecule has 6 nitrogen and oxygen atoms in total. The van der Waals surface area contributed by atoms with Crippen molar-refractivity contribution < 1.29 is 0 Å². The van der Waals surface area contributed by atoms with E-state index in [1.54, 1.807) is 0 Å². The maximum absolute atomic E-state index is 6.13. The van der Waals surface area contributed by atoms with Gasteiger partial charge in [0, 0.05) is 24.5 Å². The van der Waals surface area contributed by atoms with Crippen molar-refractivity contribution in [1.82, 2.24) is 4.90 Å². The van der Waals surface area contributed by atoms with Crippen LogP contribution in [0.15, 0.2) is 52.4 Å². The third kappa shape index (κ3) is 3.67. The predicted octanol–water partition coefficient (Wildman–Crippen LogP) is 3.59. The van der Waals surface area contributed by atoms with E-state index in [1.807, 2.05) is 0 Å². The first-order valence-corrected chi connectivity index (χ1v) is 9.88. The van der Waals surface area contributed by atoms with Crippen LogP contribution in [0.5, 0.6) is 0 Å². The molecule has 146 valence electrons. The van der Waals surface area contributed by atoms with Crippen LogP contribution in [0.4, 0.5) is 11.4 Å². The van der Waals surface area contributed by atoms with Crippen LogP contribution in [0.3, 0.4) is 0 Å². The maximum atomic E-state index is 6.13. The number of hydrogen-bond donors (Lipinski definition) is 2. The summed E-state index contributed by atoms with van der Waals surface area (Å²) >= 11 is 0. The Morgan fingerprint density at radius 1 is 1.00 bits per heavy atom. The Hall–Kier alpha value is -3.02. The Labute approximate surface area is 166 Å². The lowest BCUT2D eigenvalue weighted by Crippen LogP contribution is -2.54. The number of aryl methyl sites for hydroxylation is 3. The Kier molecular flexibility index (Phi) is 4.94. The van der Waals surface area contributed by atoms with Gasteiger partial charge in [-0.25, -0.2) is 4.99 Å². The monoisotopic (exact) mass is 376 g/mol. The first-order chi connectivity index (χ1) is 13.5. The van der Waals surface area contributed by atoms with Crippen molar-refractivity contribution in [3.8, 4) is 0 Å². The molecule has 0 aromatic heterocycles. The van der Waals surface area contributed by atoms with Crippen LogP contribution < -0.4 is 16.0 Å². The van der Waals surface area contributed by atoms with Crippen LogP contribution in [0.1, 0.15) is 29.5 Å². The molecule has 28 heavy (non-hydrogen) atoms. The molecule has 4 rings (SSSR count). The predicted molar refractivity (Wildman–Crippen MR) is 117 cm³/mol. The largest absolute Gasteiger partial charge is 0.368 e. The molecule has 0 bridgehead atoms. The number of aliphatic imine (C=N–C) groups is 2. The van der Waals surface area contributed by atoms with Crippen molar-refractivity contribution in [2.45, 2.75) is 39.9 Å². The number of guanidine groups is 2. The highest BCUT2D eigenvalue weighted by molar-refractivity contribution is 6.06. The number of nitrogens with one attached hydrogen (secondary N) is 1. The minimum atomic E-state index is -0.350. The molecule has 0 amide bonds. The zero-order valence-electron chi connectivity index (χ0n) is 16.8. The first kappa shape index (κ1) is 18.3. The minimum Gasteiger partial charge on any atom is -0.368 e. The number of likely N-dealkylation sites (tertiary alicyclic amines) is 1. The lowest BCUT2D eigenvalue weighted by atomic mass is 10.1. The van der Waals surface area contributed by atoms with Crippen molar-refractivity contribution in [1.29, 1.82) is 0 Å². The molecular weight excluding hydrogens is 348 g/mol. The van der Waals surface area contributed by atoms with Crippen molar-refractivity contribution >= 4 is 23.3 Å². The van der Waals surface area contributed by atoms with Gasteiger partial charge in [-0.1, -0.05) is 18.2 Å². The van der Waals surface area contributed by atoms with Gasteiger partial charge in [0.2, 0.25) is 18.2 Å². The Morgan fingerprint density at radius 2 is 1.79 bits per heavy atom. The third-order valence-electron chi connectivity index (χ3n) is 5.40. The zero-order chi connectivity index (χ0) is 19.7. The summed E-state index contributed by atoms with van der Waals surface area (Å²) in [6, 6.07) is 14.8. The molecule has 2 aromatic carbocycles. The van der Waals surface area contributed by atoms with Crippen LogP contribution >= 0.6 is 0 Å². The van der Waals surface area contributed by atoms with Gasteiger partial charge >= 0.3 is 0 Å². The van der Waals surface area contributed by atoms with Crippen molar-refractivity contribution in [3.63, 3.8) is 0 Å². The molecule has 1 unspecified atom stereocenters. The fourth-order valence-corrected chi connectivity index (χ4v) is 3.73. The van der Waals surface area contributed by atoms with Gasteiger partial charge in [-0.15, -0.1) is 0 Å². The number of benzene rings is 2. The summed E-state index contributed by atoms with van der Waals surface area (Å²) in [5.74, 6) is 1.18. The molecule has 0 spiro atoms. The zero-order valence-corrected chi connectivity index (χ0v) is 16.8. The average molecular weight is 377 g/mol. The summed E-state index contributed by atoms with van der Waals surface area (Å²) in [5, 5.41) is 3.55. The first-order valence-electron chi connectivity index (χ1n) is 9.88. The van der Waals surface area contributed by atoms with Gasteiger partial charge < -0.3 is 16.0 Å². The quantitative estimate of drug-likeness (QED) is 0.859. The molecule has 2 aliphatic heterocycles. The van der Waals surface area contributed by atoms with Gasteiger partial charge in [0.25, 0.3) is 0 Å². The highest BCUT2D eigenvalue weighted by atomic mass is 15.5. The second kappa shape index (κ2) is 7.54. The van der Waals surface area contributed by atoms with Gasteiger partial charge in [0.15, 0.2) is 0 Å². The number of nitrogens with zero attached hydrogens (tertiary/aromatic N) is 4. The smallest absolute Gasteiger partial charge is 0.222 e. The van der Waals surface area contributed by atoms with Crippen molar-refractivity contribution in [2.24, 2.45) is 15.7 Å². The van der Waals surface area contributed by atoms with E-state index in [-0.39, 0.29) is 6.29 Å². The Morgan fingerprint density at radius 3 is 2.50 bits per heavy atom. The standard InChI is InChI=1S/C22H28N6/c1-15-7-6-8-19(13-15)28-21(24-18-10-9-16(2)17(3)14-18)25-20(23)26-22(28)27-11-4-5-12-27/h6-10,13-14,21,24H,4-5,11-12H2,1-3H3,(H2,23,25). The molecule has 0 saturated carbocycles. The van der Waals surface area contributed by atoms with E-state index in [4.69, 9.17) is 5.73 Å². The molecule has 2 heterocycles. The van der Waals surface area contributed by atoms with E-state index in [0.29, 0.717) is 5.96 Å². The highest BCUT2D eigenvalue weighted by Gasteiger charge is 2.32. The average Bonchev–Trinajstić information content (AvgIpc) is 3.19. The summed E-state index contributed by atoms with van der Waals surface area (Å²) in [4.78, 5) is 13.7. The number of nitrogens with two attached hydrogens (primary N) is 1. The summed E-state index contributed by atoms with van der Waals surface area (Å²) in [7, 11) is 0. The number of rotatable bonds is 3. The molecule has 2 aromatic rings. The van der Waals surface area contributed by atoms with Crippen LogP contribution in [0, 0.1) is 20.8 Å². The fourth-order valence-electron chi connectivity index (χ4n) is 3.73. The lowest BCUT2D eigenvalue weighted by molar-refractivity contribution is 0.497. The van der Waals surface area contributed by atoms with Crippen LogP contribution in [-0.2, 0) is 0 Å². The van der Waals surface area contributed by atoms with E-state index in [1.165, 1.54) is 29.5 Å². The number of hydrogen-bond acceptors (Lipinski definition) is 6. The van der Waals surface area contributed by atoms with E-state index in [2.05, 4.69) is 88.3 Å². The van der Waals surface area contributed by atoms with Gasteiger partial charge in [-0.3, -0.25) is 4.90 Å².